The summed E-state index contributed by atoms with van der Waals surface area (Å²) >= 11 is 0. The number of rotatable bonds is 4. The van der Waals surface area contributed by atoms with Crippen molar-refractivity contribution in [3.05, 3.63) is 207 Å². The molecule has 0 saturated heterocycles. The fourth-order valence-electron chi connectivity index (χ4n) is 7.27. The van der Waals surface area contributed by atoms with Crippen LogP contribution in [0.15, 0.2) is 194 Å². The van der Waals surface area contributed by atoms with E-state index in [1.807, 2.05) is 122 Å². The molecule has 0 fully saturated rings. The average Bonchev–Trinajstić information content (AvgIpc) is 3.92. The van der Waals surface area contributed by atoms with E-state index in [0.29, 0.717) is 11.8 Å². The van der Waals surface area contributed by atoms with Gasteiger partial charge in [0.05, 0.1) is 14.2 Å². The molecule has 0 spiro atoms. The Labute approximate surface area is 399 Å². The second-order valence-electron chi connectivity index (χ2n) is 14.0. The summed E-state index contributed by atoms with van der Waals surface area (Å²) in [5.74, 6) is 1.20. The first kappa shape index (κ1) is 45.1. The van der Waals surface area contributed by atoms with Crippen LogP contribution in [-0.4, -0.2) is 34.2 Å². The summed E-state index contributed by atoms with van der Waals surface area (Å²) < 4.78 is 10.1. The number of methoxy groups -OCH3 is 2. The van der Waals surface area contributed by atoms with Crippen LogP contribution in [0.25, 0.3) is 87.9 Å². The summed E-state index contributed by atoms with van der Waals surface area (Å²) in [6.07, 6.45) is 3.66. The molecule has 6 aromatic carbocycles. The second-order valence-corrected chi connectivity index (χ2v) is 14.0. The van der Waals surface area contributed by atoms with Gasteiger partial charge in [0, 0.05) is 23.4 Å². The number of hydrogen-bond donors (Lipinski definition) is 0. The number of aromatic nitrogens is 6. The largest absolute Gasteiger partial charge is 2.00 e. The minimum atomic E-state index is 0. The van der Waals surface area contributed by atoms with Crippen molar-refractivity contribution in [3.63, 3.8) is 0 Å². The van der Waals surface area contributed by atoms with Crippen molar-refractivity contribution in [1.82, 2.24) is 29.9 Å². The Kier molecular flexibility index (Phi) is 15.1. The van der Waals surface area contributed by atoms with Crippen LogP contribution >= 0.6 is 0 Å². The number of pyridine rings is 4. The SMILES string of the molecule is COc1ccc2c(n1)[n-]c1ccccc12.COc1ccc2c(n1)[n-]c1ccccc12.[Pt+2].[Pt+2].[c-]1ccccc1-c1cccc2cccnc12.[c-]1ccccc1-c1cccc2cccnc12. The van der Waals surface area contributed by atoms with Crippen LogP contribution < -0.4 is 19.4 Å². The first-order valence-electron chi connectivity index (χ1n) is 20.0. The Morgan fingerprint density at radius 3 is 1.25 bits per heavy atom. The summed E-state index contributed by atoms with van der Waals surface area (Å²) in [6, 6.07) is 66.7. The van der Waals surface area contributed by atoms with Gasteiger partial charge in [-0.3, -0.25) is 9.97 Å². The molecule has 8 nitrogen and oxygen atoms in total. The van der Waals surface area contributed by atoms with E-state index in [1.54, 1.807) is 14.2 Å². The Morgan fingerprint density at radius 2 is 0.828 bits per heavy atom. The normalized spacial score (nSPS) is 10.4. The molecule has 0 unspecified atom stereocenters. The van der Waals surface area contributed by atoms with Gasteiger partial charge in [0.1, 0.15) is 11.8 Å². The third kappa shape index (κ3) is 9.95. The molecule has 10 heteroatoms. The van der Waals surface area contributed by atoms with E-state index >= 15 is 0 Å². The van der Waals surface area contributed by atoms with Crippen LogP contribution in [0.2, 0.25) is 0 Å². The zero-order chi connectivity index (χ0) is 42.1. The Morgan fingerprint density at radius 1 is 0.406 bits per heavy atom. The van der Waals surface area contributed by atoms with Gasteiger partial charge in [0.25, 0.3) is 0 Å². The van der Waals surface area contributed by atoms with E-state index in [2.05, 4.69) is 115 Å². The molecule has 12 rings (SSSR count). The van der Waals surface area contributed by atoms with Crippen LogP contribution in [0.3, 0.4) is 0 Å². The molecule has 0 N–H and O–H groups in total. The van der Waals surface area contributed by atoms with Gasteiger partial charge >= 0.3 is 42.1 Å². The van der Waals surface area contributed by atoms with Crippen LogP contribution in [0.4, 0.5) is 0 Å². The van der Waals surface area contributed by atoms with E-state index in [9.17, 15) is 0 Å². The molecule has 0 aliphatic heterocycles. The zero-order valence-electron chi connectivity index (χ0n) is 34.6. The number of hydrogen-bond acceptors (Lipinski definition) is 6. The third-order valence-electron chi connectivity index (χ3n) is 10.2. The molecule has 12 aromatic rings. The van der Waals surface area contributed by atoms with Crippen LogP contribution in [0.1, 0.15) is 0 Å². The fourth-order valence-corrected chi connectivity index (χ4v) is 7.27. The molecule has 0 radical (unpaired) electrons. The smallest absolute Gasteiger partial charge is 0.500 e. The van der Waals surface area contributed by atoms with Crippen molar-refractivity contribution >= 4 is 65.7 Å². The topological polar surface area (TPSA) is 98.2 Å². The maximum Gasteiger partial charge on any atom is 2.00 e. The number of ether oxygens (including phenoxy) is 2. The van der Waals surface area contributed by atoms with Gasteiger partial charge in [-0.25, -0.2) is 0 Å². The first-order chi connectivity index (χ1) is 30.7. The Hall–Kier alpha value is -6.98. The number of nitrogens with zero attached hydrogens (tertiary/aromatic N) is 6. The molecule has 0 aliphatic carbocycles. The molecule has 64 heavy (non-hydrogen) atoms. The zero-order valence-corrected chi connectivity index (χ0v) is 39.2. The van der Waals surface area contributed by atoms with Crippen LogP contribution in [0.5, 0.6) is 11.8 Å². The van der Waals surface area contributed by atoms with E-state index < -0.39 is 0 Å². The second kappa shape index (κ2) is 21.4. The maximum atomic E-state index is 5.07. The third-order valence-corrected chi connectivity index (χ3v) is 10.2. The maximum absolute atomic E-state index is 5.07. The standard InChI is InChI=1S/2C15H10N.2C12H9N2O.2Pt/c2*1-2-6-12(7-3-1)14-10-4-8-13-9-5-11-16-15(13)14;2*1-15-11-7-6-9-8-4-2-3-5-10(8)13-12(9)14-11;;/h2*1-6,8-11H;2*2-7H,1H3;;/q4*-1;2*+2. The van der Waals surface area contributed by atoms with Gasteiger partial charge < -0.3 is 29.4 Å². The van der Waals surface area contributed by atoms with E-state index in [4.69, 9.17) is 9.47 Å². The number of para-hydroxylation sites is 4. The van der Waals surface area contributed by atoms with Crippen LogP contribution in [0, 0.1) is 12.1 Å². The van der Waals surface area contributed by atoms with Crippen molar-refractivity contribution in [3.8, 4) is 34.0 Å². The Balaban J connectivity index is 0.000000126. The van der Waals surface area contributed by atoms with Crippen molar-refractivity contribution in [2.45, 2.75) is 0 Å². The van der Waals surface area contributed by atoms with Gasteiger partial charge in [-0.2, -0.15) is 0 Å². The predicted molar refractivity (Wildman–Crippen MR) is 250 cm³/mol. The first-order valence-corrected chi connectivity index (χ1v) is 20.0. The van der Waals surface area contributed by atoms with E-state index in [-0.39, 0.29) is 42.1 Å². The van der Waals surface area contributed by atoms with Gasteiger partial charge in [0.2, 0.25) is 0 Å². The quantitative estimate of drug-likeness (QED) is 0.161. The van der Waals surface area contributed by atoms with Crippen molar-refractivity contribution in [2.24, 2.45) is 0 Å². The molecular weight excluding hydrogens is 1150 g/mol. The molecule has 0 saturated carbocycles. The van der Waals surface area contributed by atoms with E-state index in [1.165, 1.54) is 0 Å². The van der Waals surface area contributed by atoms with Crippen molar-refractivity contribution in [2.75, 3.05) is 14.2 Å². The average molecular weight is 1190 g/mol. The molecule has 0 bridgehead atoms. The molecule has 0 amide bonds. The van der Waals surface area contributed by atoms with Gasteiger partial charge in [0.15, 0.2) is 0 Å². The van der Waals surface area contributed by atoms with E-state index in [0.717, 1.165) is 87.9 Å². The van der Waals surface area contributed by atoms with Crippen molar-refractivity contribution in [1.29, 1.82) is 0 Å². The van der Waals surface area contributed by atoms with Gasteiger partial charge in [-0.15, -0.1) is 71.8 Å². The molecule has 0 aliphatic rings. The fraction of sp³-hybridized carbons (Fsp3) is 0.0370. The molecule has 316 valence electrons. The molecule has 6 aromatic heterocycles. The summed E-state index contributed by atoms with van der Waals surface area (Å²) in [6.45, 7) is 0. The molecular formula is C54H38N6O2Pt2. The molecule has 0 atom stereocenters. The monoisotopic (exact) mass is 1190 g/mol. The summed E-state index contributed by atoms with van der Waals surface area (Å²) in [4.78, 5) is 26.3. The minimum Gasteiger partial charge on any atom is -0.500 e. The molecule has 6 heterocycles. The summed E-state index contributed by atoms with van der Waals surface area (Å²) in [5, 5.41) is 6.76. The van der Waals surface area contributed by atoms with Crippen molar-refractivity contribution < 1.29 is 51.6 Å². The predicted octanol–water partition coefficient (Wildman–Crippen LogP) is 12.1. The van der Waals surface area contributed by atoms with Gasteiger partial charge in [-0.1, -0.05) is 120 Å². The summed E-state index contributed by atoms with van der Waals surface area (Å²) in [5.41, 5.74) is 9.98. The van der Waals surface area contributed by atoms with Gasteiger partial charge in [-0.05, 0) is 78.9 Å². The minimum absolute atomic E-state index is 0. The number of benzene rings is 6. The van der Waals surface area contributed by atoms with Crippen LogP contribution in [-0.2, 0) is 42.1 Å². The Bertz CT molecular complexity index is 3170. The summed E-state index contributed by atoms with van der Waals surface area (Å²) in [7, 11) is 3.22. The number of fused-ring (bicyclic) bond motifs is 8.